The van der Waals surface area contributed by atoms with E-state index < -0.39 is 0 Å². The molecule has 0 saturated heterocycles. The lowest BCUT2D eigenvalue weighted by atomic mass is 10.0. The molecule has 0 aliphatic heterocycles. The molecule has 0 fully saturated rings. The van der Waals surface area contributed by atoms with Gasteiger partial charge in [0.1, 0.15) is 0 Å². The first-order valence-corrected chi connectivity index (χ1v) is 6.13. The highest BCUT2D eigenvalue weighted by Crippen LogP contribution is 2.16. The molecule has 1 N–H and O–H groups in total. The zero-order chi connectivity index (χ0) is 10.6. The van der Waals surface area contributed by atoms with Gasteiger partial charge in [-0.25, -0.2) is 0 Å². The van der Waals surface area contributed by atoms with Gasteiger partial charge in [-0.05, 0) is 25.7 Å². The number of aliphatic hydroxyl groups is 1. The summed E-state index contributed by atoms with van der Waals surface area (Å²) in [7, 11) is 0. The van der Waals surface area contributed by atoms with E-state index in [0.29, 0.717) is 0 Å². The minimum atomic E-state index is 0.216. The van der Waals surface area contributed by atoms with Gasteiger partial charge in [0, 0.05) is 0 Å². The summed E-state index contributed by atoms with van der Waals surface area (Å²) in [6, 6.07) is 0. The van der Waals surface area contributed by atoms with Crippen LogP contribution in [0.15, 0.2) is 11.6 Å². The van der Waals surface area contributed by atoms with Crippen LogP contribution in [0.5, 0.6) is 0 Å². The van der Waals surface area contributed by atoms with Crippen molar-refractivity contribution in [2.75, 3.05) is 6.61 Å². The van der Waals surface area contributed by atoms with E-state index in [9.17, 15) is 0 Å². The van der Waals surface area contributed by atoms with Gasteiger partial charge in [-0.3, -0.25) is 0 Å². The Balaban J connectivity index is 3.61. The van der Waals surface area contributed by atoms with Crippen LogP contribution in [0.1, 0.15) is 65.2 Å². The van der Waals surface area contributed by atoms with Crippen LogP contribution in [0.25, 0.3) is 0 Å². The number of hydrogen-bond acceptors (Lipinski definition) is 1. The fraction of sp³-hybridized carbons (Fsp3) is 0.846. The van der Waals surface area contributed by atoms with Crippen LogP contribution in [0.2, 0.25) is 0 Å². The molecule has 0 aromatic carbocycles. The Kier molecular flexibility index (Phi) is 10.5. The van der Waals surface area contributed by atoms with Gasteiger partial charge >= 0.3 is 0 Å². The highest BCUT2D eigenvalue weighted by Gasteiger charge is 1.97. The molecule has 14 heavy (non-hydrogen) atoms. The van der Waals surface area contributed by atoms with Gasteiger partial charge in [-0.15, -0.1) is 0 Å². The molecule has 0 aliphatic rings. The van der Waals surface area contributed by atoms with Gasteiger partial charge in [0.2, 0.25) is 0 Å². The molecule has 0 radical (unpaired) electrons. The molecule has 0 saturated carbocycles. The molecular formula is C13H26O. The summed E-state index contributed by atoms with van der Waals surface area (Å²) < 4.78 is 0. The maximum atomic E-state index is 8.87. The van der Waals surface area contributed by atoms with Crippen LogP contribution in [0.4, 0.5) is 0 Å². The topological polar surface area (TPSA) is 20.2 Å². The first kappa shape index (κ1) is 13.7. The number of aliphatic hydroxyl groups excluding tert-OH is 1. The molecule has 1 nitrogen and oxygen atoms in total. The van der Waals surface area contributed by atoms with Crippen LogP contribution in [0, 0.1) is 0 Å². The summed E-state index contributed by atoms with van der Waals surface area (Å²) in [6.45, 7) is 4.67. The van der Waals surface area contributed by atoms with Crippen molar-refractivity contribution >= 4 is 0 Å². The van der Waals surface area contributed by atoms with E-state index in [1.165, 1.54) is 56.9 Å². The van der Waals surface area contributed by atoms with Gasteiger partial charge < -0.3 is 5.11 Å². The average Bonchev–Trinajstić information content (AvgIpc) is 2.18. The quantitative estimate of drug-likeness (QED) is 0.437. The Morgan fingerprint density at radius 3 is 1.79 bits per heavy atom. The zero-order valence-electron chi connectivity index (χ0n) is 9.89. The van der Waals surface area contributed by atoms with E-state index in [1.54, 1.807) is 0 Å². The summed E-state index contributed by atoms with van der Waals surface area (Å²) in [5.41, 5.74) is 1.47. The molecular weight excluding hydrogens is 172 g/mol. The molecule has 0 unspecified atom stereocenters. The van der Waals surface area contributed by atoms with Crippen LogP contribution in [0.3, 0.4) is 0 Å². The Morgan fingerprint density at radius 1 is 0.929 bits per heavy atom. The van der Waals surface area contributed by atoms with Crippen LogP contribution in [-0.4, -0.2) is 11.7 Å². The maximum absolute atomic E-state index is 8.87. The summed E-state index contributed by atoms with van der Waals surface area (Å²) in [5, 5.41) is 8.87. The second kappa shape index (κ2) is 10.8. The first-order valence-electron chi connectivity index (χ1n) is 6.13. The van der Waals surface area contributed by atoms with Gasteiger partial charge in [0.05, 0.1) is 6.61 Å². The monoisotopic (exact) mass is 198 g/mol. The van der Waals surface area contributed by atoms with E-state index in [4.69, 9.17) is 5.11 Å². The van der Waals surface area contributed by atoms with Crippen LogP contribution >= 0.6 is 0 Å². The normalized spacial score (nSPS) is 10.2. The largest absolute Gasteiger partial charge is 0.392 e. The van der Waals surface area contributed by atoms with Crippen molar-refractivity contribution in [1.29, 1.82) is 0 Å². The molecule has 0 aromatic rings. The Morgan fingerprint density at radius 2 is 1.43 bits per heavy atom. The summed E-state index contributed by atoms with van der Waals surface area (Å²) in [6.07, 6.45) is 12.2. The predicted molar refractivity (Wildman–Crippen MR) is 63.5 cm³/mol. The van der Waals surface area contributed by atoms with Crippen molar-refractivity contribution < 1.29 is 5.11 Å². The lowest BCUT2D eigenvalue weighted by Gasteiger charge is -2.06. The average molecular weight is 198 g/mol. The molecule has 0 heterocycles. The lowest BCUT2D eigenvalue weighted by molar-refractivity contribution is 0.341. The number of rotatable bonds is 9. The summed E-state index contributed by atoms with van der Waals surface area (Å²) in [4.78, 5) is 0. The van der Waals surface area contributed by atoms with Gasteiger partial charge in [-0.2, -0.15) is 0 Å². The van der Waals surface area contributed by atoms with E-state index in [2.05, 4.69) is 13.8 Å². The molecule has 0 rings (SSSR count). The van der Waals surface area contributed by atoms with Crippen molar-refractivity contribution in [3.05, 3.63) is 11.6 Å². The van der Waals surface area contributed by atoms with E-state index >= 15 is 0 Å². The van der Waals surface area contributed by atoms with Crippen molar-refractivity contribution in [2.45, 2.75) is 65.2 Å². The standard InChI is InChI=1S/C13H26O/c1-3-5-7-9-13(11-12-14)10-8-6-4-2/h11,14H,3-10,12H2,1-2H3. The van der Waals surface area contributed by atoms with E-state index in [-0.39, 0.29) is 6.61 Å². The molecule has 0 aromatic heterocycles. The molecule has 0 spiro atoms. The van der Waals surface area contributed by atoms with E-state index in [1.807, 2.05) is 6.08 Å². The summed E-state index contributed by atoms with van der Waals surface area (Å²) in [5.74, 6) is 0. The smallest absolute Gasteiger partial charge is 0.0615 e. The second-order valence-corrected chi connectivity index (χ2v) is 3.96. The predicted octanol–water partition coefficient (Wildman–Crippen LogP) is 4.07. The fourth-order valence-electron chi connectivity index (χ4n) is 1.66. The van der Waals surface area contributed by atoms with Gasteiger partial charge in [0.25, 0.3) is 0 Å². The second-order valence-electron chi connectivity index (χ2n) is 3.96. The zero-order valence-corrected chi connectivity index (χ0v) is 9.89. The molecule has 84 valence electrons. The third-order valence-electron chi connectivity index (χ3n) is 2.58. The minimum Gasteiger partial charge on any atom is -0.392 e. The van der Waals surface area contributed by atoms with Crippen LogP contribution in [-0.2, 0) is 0 Å². The fourth-order valence-corrected chi connectivity index (χ4v) is 1.66. The molecule has 0 atom stereocenters. The number of allylic oxidation sites excluding steroid dienone is 1. The van der Waals surface area contributed by atoms with E-state index in [0.717, 1.165) is 0 Å². The van der Waals surface area contributed by atoms with Crippen molar-refractivity contribution in [2.24, 2.45) is 0 Å². The molecule has 0 amide bonds. The SMILES string of the molecule is CCCCCC(=CCO)CCCCC. The summed E-state index contributed by atoms with van der Waals surface area (Å²) >= 11 is 0. The molecule has 0 bridgehead atoms. The molecule has 0 aliphatic carbocycles. The minimum absolute atomic E-state index is 0.216. The Bertz CT molecular complexity index is 126. The van der Waals surface area contributed by atoms with Gasteiger partial charge in [0.15, 0.2) is 0 Å². The lowest BCUT2D eigenvalue weighted by Crippen LogP contribution is -1.88. The van der Waals surface area contributed by atoms with Crippen molar-refractivity contribution in [3.63, 3.8) is 0 Å². The first-order chi connectivity index (χ1) is 6.85. The van der Waals surface area contributed by atoms with Gasteiger partial charge in [-0.1, -0.05) is 51.2 Å². The highest BCUT2D eigenvalue weighted by molar-refractivity contribution is 5.01. The third-order valence-corrected chi connectivity index (χ3v) is 2.58. The highest BCUT2D eigenvalue weighted by atomic mass is 16.2. The number of unbranched alkanes of at least 4 members (excludes halogenated alkanes) is 4. The van der Waals surface area contributed by atoms with Crippen LogP contribution < -0.4 is 0 Å². The maximum Gasteiger partial charge on any atom is 0.0615 e. The van der Waals surface area contributed by atoms with Crippen molar-refractivity contribution in [1.82, 2.24) is 0 Å². The number of hydrogen-bond donors (Lipinski definition) is 1. The third kappa shape index (κ3) is 8.31. The Hall–Kier alpha value is -0.300. The Labute approximate surface area is 89.2 Å². The van der Waals surface area contributed by atoms with Crippen molar-refractivity contribution in [3.8, 4) is 0 Å². The molecule has 1 heteroatoms.